The zero-order valence-electron chi connectivity index (χ0n) is 9.64. The van der Waals surface area contributed by atoms with Crippen molar-refractivity contribution in [3.63, 3.8) is 0 Å². The summed E-state index contributed by atoms with van der Waals surface area (Å²) in [6.07, 6.45) is 2.01. The lowest BCUT2D eigenvalue weighted by Crippen LogP contribution is -2.30. The van der Waals surface area contributed by atoms with E-state index < -0.39 is 0 Å². The Bertz CT molecular complexity index is 424. The van der Waals surface area contributed by atoms with Crippen LogP contribution in [0.3, 0.4) is 0 Å². The van der Waals surface area contributed by atoms with Crippen LogP contribution in [0.15, 0.2) is 30.5 Å². The Morgan fingerprint density at radius 3 is 3.00 bits per heavy atom. The quantitative estimate of drug-likeness (QED) is 0.752. The van der Waals surface area contributed by atoms with Crippen LogP contribution in [-0.4, -0.2) is 27.7 Å². The van der Waals surface area contributed by atoms with Gasteiger partial charge in [0, 0.05) is 19.8 Å². The van der Waals surface area contributed by atoms with Gasteiger partial charge in [-0.3, -0.25) is 4.79 Å². The second-order valence-electron chi connectivity index (χ2n) is 4.19. The Labute approximate surface area is 100 Å². The SMILES string of the molecule is C=C(C)CN1C(=O)CSC1c1cccn1C. The van der Waals surface area contributed by atoms with Crippen molar-refractivity contribution < 1.29 is 4.79 Å². The van der Waals surface area contributed by atoms with Crippen LogP contribution < -0.4 is 0 Å². The summed E-state index contributed by atoms with van der Waals surface area (Å²) in [7, 11) is 2.01. The lowest BCUT2D eigenvalue weighted by Gasteiger charge is -2.24. The fraction of sp³-hybridized carbons (Fsp3) is 0.417. The summed E-state index contributed by atoms with van der Waals surface area (Å²) >= 11 is 1.69. The Morgan fingerprint density at radius 1 is 1.69 bits per heavy atom. The molecule has 0 aliphatic carbocycles. The molecule has 2 heterocycles. The van der Waals surface area contributed by atoms with Crippen LogP contribution in [0.25, 0.3) is 0 Å². The molecule has 0 N–H and O–H groups in total. The van der Waals surface area contributed by atoms with Gasteiger partial charge in [-0.05, 0) is 19.1 Å². The second-order valence-corrected chi connectivity index (χ2v) is 5.25. The first-order valence-electron chi connectivity index (χ1n) is 5.26. The first-order chi connectivity index (χ1) is 7.59. The molecular formula is C12H16N2OS. The average Bonchev–Trinajstić information content (AvgIpc) is 2.75. The molecule has 0 bridgehead atoms. The van der Waals surface area contributed by atoms with E-state index in [9.17, 15) is 4.79 Å². The molecule has 86 valence electrons. The third-order valence-electron chi connectivity index (χ3n) is 2.65. The number of nitrogens with zero attached hydrogens (tertiary/aromatic N) is 2. The van der Waals surface area contributed by atoms with E-state index in [1.54, 1.807) is 11.8 Å². The number of amides is 1. The van der Waals surface area contributed by atoms with Gasteiger partial charge in [0.25, 0.3) is 0 Å². The maximum Gasteiger partial charge on any atom is 0.234 e. The van der Waals surface area contributed by atoms with Crippen molar-refractivity contribution in [2.45, 2.75) is 12.3 Å². The standard InChI is InChI=1S/C12H16N2OS/c1-9(2)7-14-11(15)8-16-12(14)10-5-4-6-13(10)3/h4-6,12H,1,7-8H2,2-3H3. The van der Waals surface area contributed by atoms with Crippen LogP contribution in [0.2, 0.25) is 0 Å². The Hall–Kier alpha value is -1.16. The molecule has 1 amide bonds. The number of carbonyl (C=O) groups excluding carboxylic acids is 1. The molecule has 1 unspecified atom stereocenters. The van der Waals surface area contributed by atoms with Crippen molar-refractivity contribution in [1.82, 2.24) is 9.47 Å². The molecule has 1 aromatic rings. The fourth-order valence-electron chi connectivity index (χ4n) is 1.89. The fourth-order valence-corrected chi connectivity index (χ4v) is 3.15. The van der Waals surface area contributed by atoms with Crippen LogP contribution in [0.5, 0.6) is 0 Å². The summed E-state index contributed by atoms with van der Waals surface area (Å²) in [6.45, 7) is 6.49. The van der Waals surface area contributed by atoms with E-state index in [-0.39, 0.29) is 11.3 Å². The van der Waals surface area contributed by atoms with Gasteiger partial charge >= 0.3 is 0 Å². The van der Waals surface area contributed by atoms with Gasteiger partial charge in [0.15, 0.2) is 0 Å². The maximum absolute atomic E-state index is 11.8. The molecular weight excluding hydrogens is 220 g/mol. The highest BCUT2D eigenvalue weighted by molar-refractivity contribution is 8.00. The Balaban J connectivity index is 2.24. The van der Waals surface area contributed by atoms with Crippen molar-refractivity contribution >= 4 is 17.7 Å². The number of hydrogen-bond acceptors (Lipinski definition) is 2. The molecule has 0 radical (unpaired) electrons. The molecule has 1 saturated heterocycles. The minimum absolute atomic E-state index is 0.143. The lowest BCUT2D eigenvalue weighted by molar-refractivity contribution is -0.127. The summed E-state index contributed by atoms with van der Waals surface area (Å²) in [5.74, 6) is 0.780. The average molecular weight is 236 g/mol. The number of hydrogen-bond donors (Lipinski definition) is 0. The van der Waals surface area contributed by atoms with Crippen LogP contribution >= 0.6 is 11.8 Å². The van der Waals surface area contributed by atoms with Crippen LogP contribution in [-0.2, 0) is 11.8 Å². The molecule has 0 aromatic carbocycles. The number of rotatable bonds is 3. The van der Waals surface area contributed by atoms with Crippen molar-refractivity contribution in [3.8, 4) is 0 Å². The normalized spacial score (nSPS) is 20.5. The molecule has 4 heteroatoms. The highest BCUT2D eigenvalue weighted by atomic mass is 32.2. The number of aromatic nitrogens is 1. The largest absolute Gasteiger partial charge is 0.352 e. The summed E-state index contributed by atoms with van der Waals surface area (Å²) in [5, 5.41) is 0.143. The molecule has 1 fully saturated rings. The third kappa shape index (κ3) is 2.02. The van der Waals surface area contributed by atoms with Gasteiger partial charge < -0.3 is 9.47 Å². The molecule has 1 aromatic heterocycles. The van der Waals surface area contributed by atoms with Crippen LogP contribution in [0, 0.1) is 0 Å². The van der Waals surface area contributed by atoms with Crippen molar-refractivity contribution in [1.29, 1.82) is 0 Å². The van der Waals surface area contributed by atoms with Gasteiger partial charge in [-0.1, -0.05) is 12.2 Å². The van der Waals surface area contributed by atoms with Crippen LogP contribution in [0.1, 0.15) is 18.0 Å². The van der Waals surface area contributed by atoms with Gasteiger partial charge in [0.1, 0.15) is 5.37 Å². The molecule has 16 heavy (non-hydrogen) atoms. The minimum atomic E-state index is 0.143. The lowest BCUT2D eigenvalue weighted by atomic mass is 10.3. The topological polar surface area (TPSA) is 25.2 Å². The Morgan fingerprint density at radius 2 is 2.44 bits per heavy atom. The molecule has 0 saturated carbocycles. The predicted octanol–water partition coefficient (Wildman–Crippen LogP) is 2.18. The van der Waals surface area contributed by atoms with Crippen molar-refractivity contribution in [2.75, 3.05) is 12.3 Å². The first-order valence-corrected chi connectivity index (χ1v) is 6.31. The molecule has 1 aliphatic rings. The molecule has 3 nitrogen and oxygen atoms in total. The van der Waals surface area contributed by atoms with E-state index in [0.717, 1.165) is 5.57 Å². The number of aryl methyl sites for hydroxylation is 1. The van der Waals surface area contributed by atoms with E-state index in [2.05, 4.69) is 17.2 Å². The third-order valence-corrected chi connectivity index (χ3v) is 3.87. The minimum Gasteiger partial charge on any atom is -0.352 e. The monoisotopic (exact) mass is 236 g/mol. The highest BCUT2D eigenvalue weighted by Gasteiger charge is 2.33. The van der Waals surface area contributed by atoms with Gasteiger partial charge in [-0.15, -0.1) is 11.8 Å². The number of carbonyl (C=O) groups is 1. The smallest absolute Gasteiger partial charge is 0.234 e. The summed E-state index contributed by atoms with van der Waals surface area (Å²) in [4.78, 5) is 13.7. The van der Waals surface area contributed by atoms with E-state index in [1.807, 2.05) is 31.1 Å². The molecule has 1 atom stereocenters. The van der Waals surface area contributed by atoms with Crippen molar-refractivity contribution in [3.05, 3.63) is 36.2 Å². The van der Waals surface area contributed by atoms with E-state index >= 15 is 0 Å². The molecule has 1 aliphatic heterocycles. The van der Waals surface area contributed by atoms with Gasteiger partial charge in [0.05, 0.1) is 11.4 Å². The molecule has 2 rings (SSSR count). The van der Waals surface area contributed by atoms with E-state index in [0.29, 0.717) is 12.3 Å². The second kappa shape index (κ2) is 4.37. The van der Waals surface area contributed by atoms with Gasteiger partial charge in [-0.25, -0.2) is 0 Å². The van der Waals surface area contributed by atoms with Crippen molar-refractivity contribution in [2.24, 2.45) is 7.05 Å². The Kier molecular flexibility index (Phi) is 3.10. The van der Waals surface area contributed by atoms with E-state index in [4.69, 9.17) is 0 Å². The van der Waals surface area contributed by atoms with Gasteiger partial charge in [-0.2, -0.15) is 0 Å². The highest BCUT2D eigenvalue weighted by Crippen LogP contribution is 2.38. The predicted molar refractivity (Wildman–Crippen MR) is 67.1 cm³/mol. The summed E-state index contributed by atoms with van der Waals surface area (Å²) in [5.41, 5.74) is 2.20. The zero-order chi connectivity index (χ0) is 11.7. The zero-order valence-corrected chi connectivity index (χ0v) is 10.5. The maximum atomic E-state index is 11.8. The summed E-state index contributed by atoms with van der Waals surface area (Å²) in [6, 6.07) is 4.08. The number of thioether (sulfide) groups is 1. The van der Waals surface area contributed by atoms with Crippen LogP contribution in [0.4, 0.5) is 0 Å². The molecule has 0 spiro atoms. The van der Waals surface area contributed by atoms with E-state index in [1.165, 1.54) is 5.69 Å². The summed E-state index contributed by atoms with van der Waals surface area (Å²) < 4.78 is 2.07. The first kappa shape index (κ1) is 11.3. The van der Waals surface area contributed by atoms with Gasteiger partial charge in [0.2, 0.25) is 5.91 Å².